The third kappa shape index (κ3) is 4.68. The Labute approximate surface area is 135 Å². The molecule has 1 saturated heterocycles. The molecule has 0 bridgehead atoms. The van der Waals surface area contributed by atoms with Crippen molar-refractivity contribution in [3.63, 3.8) is 0 Å². The average molecular weight is 326 g/mol. The number of benzene rings is 1. The lowest BCUT2D eigenvalue weighted by atomic mass is 10.2. The van der Waals surface area contributed by atoms with Crippen molar-refractivity contribution in [2.24, 2.45) is 0 Å². The van der Waals surface area contributed by atoms with E-state index in [1.165, 1.54) is 0 Å². The zero-order valence-electron chi connectivity index (χ0n) is 12.6. The molecule has 1 fully saturated rings. The fourth-order valence-corrected chi connectivity index (χ4v) is 3.25. The van der Waals surface area contributed by atoms with Crippen molar-refractivity contribution in [2.75, 3.05) is 13.1 Å². The Balaban J connectivity index is 1.96. The third-order valence-electron chi connectivity index (χ3n) is 2.98. The minimum Gasteiger partial charge on any atom is -0.444 e. The summed E-state index contributed by atoms with van der Waals surface area (Å²) in [7, 11) is 0. The lowest BCUT2D eigenvalue weighted by molar-refractivity contribution is 0.0300. The molecule has 0 spiro atoms. The second-order valence-electron chi connectivity index (χ2n) is 6.08. The first-order valence-corrected chi connectivity index (χ1v) is 8.08. The summed E-state index contributed by atoms with van der Waals surface area (Å²) in [4.78, 5) is 14.9. The van der Waals surface area contributed by atoms with Crippen molar-refractivity contribution >= 4 is 29.5 Å². The lowest BCUT2D eigenvalue weighted by Gasteiger charge is -2.24. The van der Waals surface area contributed by atoms with E-state index in [9.17, 15) is 4.79 Å². The number of thioether (sulfide) groups is 1. The number of hydrogen-bond acceptors (Lipinski definition) is 3. The number of carbonyl (C=O) groups excluding carboxylic acids is 1. The highest BCUT2D eigenvalue weighted by Crippen LogP contribution is 2.33. The number of nitrogens with zero attached hydrogens (tertiary/aromatic N) is 1. The van der Waals surface area contributed by atoms with E-state index >= 15 is 0 Å². The zero-order chi connectivity index (χ0) is 15.6. The Hall–Kier alpha value is -1.13. The van der Waals surface area contributed by atoms with E-state index in [4.69, 9.17) is 16.3 Å². The van der Waals surface area contributed by atoms with E-state index in [2.05, 4.69) is 6.58 Å². The molecule has 1 atom stereocenters. The van der Waals surface area contributed by atoms with Crippen LogP contribution in [0.3, 0.4) is 0 Å². The first-order chi connectivity index (χ1) is 9.74. The Morgan fingerprint density at radius 3 is 2.57 bits per heavy atom. The predicted molar refractivity (Wildman–Crippen MR) is 88.0 cm³/mol. The van der Waals surface area contributed by atoms with Crippen molar-refractivity contribution in [2.45, 2.75) is 36.5 Å². The number of likely N-dealkylation sites (tertiary alicyclic amines) is 1. The topological polar surface area (TPSA) is 29.5 Å². The second-order valence-corrected chi connectivity index (χ2v) is 7.79. The van der Waals surface area contributed by atoms with Crippen molar-refractivity contribution in [3.05, 3.63) is 41.4 Å². The van der Waals surface area contributed by atoms with E-state index in [0.29, 0.717) is 13.1 Å². The number of halogens is 1. The van der Waals surface area contributed by atoms with Gasteiger partial charge in [0.1, 0.15) is 5.60 Å². The van der Waals surface area contributed by atoms with Crippen LogP contribution in [0.15, 0.2) is 41.3 Å². The first-order valence-electron chi connectivity index (χ1n) is 6.82. The highest BCUT2D eigenvalue weighted by molar-refractivity contribution is 8.00. The maximum atomic E-state index is 12.1. The van der Waals surface area contributed by atoms with Crippen LogP contribution in [0.25, 0.3) is 0 Å². The van der Waals surface area contributed by atoms with Gasteiger partial charge in [-0.3, -0.25) is 0 Å². The minimum atomic E-state index is -0.472. The minimum absolute atomic E-state index is 0.193. The van der Waals surface area contributed by atoms with Crippen LogP contribution in [0, 0.1) is 0 Å². The molecule has 0 saturated carbocycles. The van der Waals surface area contributed by atoms with Gasteiger partial charge in [-0.15, -0.1) is 11.8 Å². The number of hydrogen-bond donors (Lipinski definition) is 0. The van der Waals surface area contributed by atoms with Gasteiger partial charge in [-0.05, 0) is 50.6 Å². The van der Waals surface area contributed by atoms with Gasteiger partial charge in [0.05, 0.1) is 0 Å². The van der Waals surface area contributed by atoms with Gasteiger partial charge >= 0.3 is 6.09 Å². The van der Waals surface area contributed by atoms with Gasteiger partial charge in [-0.2, -0.15) is 0 Å². The number of ether oxygens (including phenoxy) is 1. The van der Waals surface area contributed by atoms with Gasteiger partial charge in [0.2, 0.25) is 0 Å². The summed E-state index contributed by atoms with van der Waals surface area (Å²) in [5.74, 6) is 0. The van der Waals surface area contributed by atoms with E-state index in [1.807, 2.05) is 45.0 Å². The van der Waals surface area contributed by atoms with Gasteiger partial charge in [-0.1, -0.05) is 18.2 Å². The SMILES string of the molecule is C=C1CN(C(=O)OC(C)(C)C)CC1Sc1ccc(Cl)cc1. The Bertz CT molecular complexity index is 536. The summed E-state index contributed by atoms with van der Waals surface area (Å²) < 4.78 is 5.40. The van der Waals surface area contributed by atoms with Crippen LogP contribution >= 0.6 is 23.4 Å². The molecule has 114 valence electrons. The molecule has 0 aromatic heterocycles. The molecular weight excluding hydrogens is 306 g/mol. The third-order valence-corrected chi connectivity index (χ3v) is 4.54. The normalized spacial score (nSPS) is 19.0. The van der Waals surface area contributed by atoms with Crippen LogP contribution in [0.4, 0.5) is 4.79 Å². The number of carbonyl (C=O) groups is 1. The summed E-state index contributed by atoms with van der Waals surface area (Å²) in [6.07, 6.45) is -0.275. The molecule has 1 unspecified atom stereocenters. The van der Waals surface area contributed by atoms with Crippen LogP contribution in [0.5, 0.6) is 0 Å². The molecule has 1 aromatic rings. The fourth-order valence-electron chi connectivity index (χ4n) is 2.00. The summed E-state index contributed by atoms with van der Waals surface area (Å²) in [5.41, 5.74) is 0.570. The van der Waals surface area contributed by atoms with E-state index < -0.39 is 5.60 Å². The Morgan fingerprint density at radius 1 is 1.38 bits per heavy atom. The van der Waals surface area contributed by atoms with Gasteiger partial charge in [0.15, 0.2) is 0 Å². The van der Waals surface area contributed by atoms with Crippen molar-refractivity contribution < 1.29 is 9.53 Å². The van der Waals surface area contributed by atoms with Crippen molar-refractivity contribution in [1.29, 1.82) is 0 Å². The summed E-state index contributed by atoms with van der Waals surface area (Å²) in [6.45, 7) is 10.9. The monoisotopic (exact) mass is 325 g/mol. The van der Waals surface area contributed by atoms with Crippen molar-refractivity contribution in [1.82, 2.24) is 4.90 Å². The second kappa shape index (κ2) is 6.32. The molecule has 0 aliphatic carbocycles. The molecule has 1 aliphatic rings. The van der Waals surface area contributed by atoms with Crippen LogP contribution in [0.2, 0.25) is 5.02 Å². The number of rotatable bonds is 2. The quantitative estimate of drug-likeness (QED) is 0.744. The molecule has 1 heterocycles. The standard InChI is InChI=1S/C16H20ClNO2S/c1-11-9-18(15(19)20-16(2,3)4)10-14(11)21-13-7-5-12(17)6-8-13/h5-8,14H,1,9-10H2,2-4H3. The molecule has 2 rings (SSSR count). The average Bonchev–Trinajstić information content (AvgIpc) is 2.72. The fraction of sp³-hybridized carbons (Fsp3) is 0.438. The van der Waals surface area contributed by atoms with E-state index in [-0.39, 0.29) is 11.3 Å². The van der Waals surface area contributed by atoms with Crippen LogP contribution in [0.1, 0.15) is 20.8 Å². The molecule has 1 amide bonds. The Morgan fingerprint density at radius 2 is 2.00 bits per heavy atom. The highest BCUT2D eigenvalue weighted by Gasteiger charge is 2.32. The Kier molecular flexibility index (Phi) is 4.89. The lowest BCUT2D eigenvalue weighted by Crippen LogP contribution is -2.35. The van der Waals surface area contributed by atoms with E-state index in [1.54, 1.807) is 16.7 Å². The number of amides is 1. The van der Waals surface area contributed by atoms with Crippen LogP contribution < -0.4 is 0 Å². The first kappa shape index (κ1) is 16.2. The van der Waals surface area contributed by atoms with Gasteiger partial charge in [0, 0.05) is 28.3 Å². The zero-order valence-corrected chi connectivity index (χ0v) is 14.1. The van der Waals surface area contributed by atoms with Gasteiger partial charge in [-0.25, -0.2) is 4.79 Å². The summed E-state index contributed by atoms with van der Waals surface area (Å²) in [6, 6.07) is 7.70. The maximum absolute atomic E-state index is 12.1. The molecular formula is C16H20ClNO2S. The predicted octanol–water partition coefficient (Wildman–Crippen LogP) is 4.61. The maximum Gasteiger partial charge on any atom is 0.410 e. The van der Waals surface area contributed by atoms with Crippen LogP contribution in [-0.4, -0.2) is 34.9 Å². The summed E-state index contributed by atoms with van der Waals surface area (Å²) >= 11 is 7.59. The highest BCUT2D eigenvalue weighted by atomic mass is 35.5. The van der Waals surface area contributed by atoms with Gasteiger partial charge in [0.25, 0.3) is 0 Å². The molecule has 0 N–H and O–H groups in total. The van der Waals surface area contributed by atoms with Crippen LogP contribution in [-0.2, 0) is 4.74 Å². The molecule has 0 radical (unpaired) electrons. The van der Waals surface area contributed by atoms with Crippen molar-refractivity contribution in [3.8, 4) is 0 Å². The molecule has 21 heavy (non-hydrogen) atoms. The smallest absolute Gasteiger partial charge is 0.410 e. The molecule has 5 heteroatoms. The van der Waals surface area contributed by atoms with E-state index in [0.717, 1.165) is 15.5 Å². The largest absolute Gasteiger partial charge is 0.444 e. The molecule has 1 aliphatic heterocycles. The molecule has 3 nitrogen and oxygen atoms in total. The summed E-state index contributed by atoms with van der Waals surface area (Å²) in [5, 5.41) is 0.915. The van der Waals surface area contributed by atoms with Gasteiger partial charge < -0.3 is 9.64 Å². The molecule has 1 aromatic carbocycles.